The van der Waals surface area contributed by atoms with Gasteiger partial charge in [0.2, 0.25) is 0 Å². The molecule has 92 valence electrons. The van der Waals surface area contributed by atoms with E-state index < -0.39 is 7.63 Å². The summed E-state index contributed by atoms with van der Waals surface area (Å²) in [6.07, 6.45) is 7.65. The molecule has 0 radical (unpaired) electrons. The molecule has 0 fully saturated rings. The first-order valence-electron chi connectivity index (χ1n) is 6.51. The fourth-order valence-corrected chi connectivity index (χ4v) is 5.63. The summed E-state index contributed by atoms with van der Waals surface area (Å²) in [5.74, 6) is 0. The largest absolute Gasteiger partial charge is 0.403 e. The topological polar surface area (TPSA) is 9.23 Å². The first kappa shape index (κ1) is 15.5. The summed E-state index contributed by atoms with van der Waals surface area (Å²) in [6.45, 7) is 7.30. The van der Waals surface area contributed by atoms with Crippen LogP contribution in [0.2, 0.25) is 12.1 Å². The second-order valence-corrected chi connectivity index (χ2v) is 9.35. The van der Waals surface area contributed by atoms with Gasteiger partial charge < -0.3 is 4.43 Å². The van der Waals surface area contributed by atoms with Gasteiger partial charge in [0.25, 0.3) is 7.63 Å². The van der Waals surface area contributed by atoms with Crippen LogP contribution in [0.4, 0.5) is 0 Å². The number of halogens is 1. The molecule has 15 heavy (non-hydrogen) atoms. The van der Waals surface area contributed by atoms with E-state index in [1.54, 1.807) is 0 Å². The molecule has 1 nitrogen and oxygen atoms in total. The van der Waals surface area contributed by atoms with Crippen molar-refractivity contribution in [2.75, 3.05) is 6.61 Å². The fourth-order valence-electron chi connectivity index (χ4n) is 1.78. The van der Waals surface area contributed by atoms with Gasteiger partial charge in [-0.3, -0.25) is 0 Å². The molecule has 0 bridgehead atoms. The highest BCUT2D eigenvalue weighted by molar-refractivity contribution is 7.16. The predicted molar refractivity (Wildman–Crippen MR) is 71.9 cm³/mol. The minimum Gasteiger partial charge on any atom is -0.403 e. The Kier molecular flexibility index (Phi) is 9.98. The lowest BCUT2D eigenvalue weighted by Crippen LogP contribution is -2.31. The molecule has 0 saturated carbocycles. The Labute approximate surface area is 101 Å². The number of rotatable bonds is 10. The predicted octanol–water partition coefficient (Wildman–Crippen LogP) is 5.08. The quantitative estimate of drug-likeness (QED) is 0.298. The molecule has 3 heteroatoms. The second kappa shape index (κ2) is 9.68. The normalized spacial score (nSPS) is 15.2. The van der Waals surface area contributed by atoms with E-state index in [1.165, 1.54) is 38.5 Å². The summed E-state index contributed by atoms with van der Waals surface area (Å²) in [6, 6.07) is 2.27. The molecule has 0 rings (SSSR count). The smallest absolute Gasteiger partial charge is 0.290 e. The zero-order valence-electron chi connectivity index (χ0n) is 10.7. The van der Waals surface area contributed by atoms with Gasteiger partial charge in [-0.25, -0.2) is 0 Å². The second-order valence-electron chi connectivity index (χ2n) is 4.23. The van der Waals surface area contributed by atoms with Crippen LogP contribution in [-0.2, 0) is 4.43 Å². The molecule has 0 aliphatic rings. The molecular weight excluding hydrogens is 224 g/mol. The van der Waals surface area contributed by atoms with Crippen molar-refractivity contribution in [3.8, 4) is 0 Å². The average Bonchev–Trinajstić information content (AvgIpc) is 2.22. The maximum atomic E-state index is 6.61. The van der Waals surface area contributed by atoms with Gasteiger partial charge in [-0.1, -0.05) is 52.4 Å². The van der Waals surface area contributed by atoms with Crippen LogP contribution in [0, 0.1) is 0 Å². The summed E-state index contributed by atoms with van der Waals surface area (Å²) in [5.41, 5.74) is 0. The van der Waals surface area contributed by atoms with Crippen molar-refractivity contribution in [2.45, 2.75) is 71.4 Å². The van der Waals surface area contributed by atoms with E-state index >= 15 is 0 Å². The van der Waals surface area contributed by atoms with Crippen LogP contribution in [0.5, 0.6) is 0 Å². The third-order valence-corrected chi connectivity index (χ3v) is 7.18. The van der Waals surface area contributed by atoms with Crippen LogP contribution in [0.25, 0.3) is 0 Å². The van der Waals surface area contributed by atoms with Crippen LogP contribution in [0.1, 0.15) is 59.3 Å². The third-order valence-electron chi connectivity index (χ3n) is 2.71. The highest BCUT2D eigenvalue weighted by Crippen LogP contribution is 2.27. The summed E-state index contributed by atoms with van der Waals surface area (Å²) >= 11 is 6.61. The lowest BCUT2D eigenvalue weighted by molar-refractivity contribution is 0.331. The van der Waals surface area contributed by atoms with Crippen LogP contribution in [0.15, 0.2) is 0 Å². The molecule has 0 saturated heterocycles. The zero-order chi connectivity index (χ0) is 11.6. The summed E-state index contributed by atoms with van der Waals surface area (Å²) in [5, 5.41) is 0. The van der Waals surface area contributed by atoms with Crippen molar-refractivity contribution in [2.24, 2.45) is 0 Å². The van der Waals surface area contributed by atoms with E-state index in [-0.39, 0.29) is 0 Å². The Morgan fingerprint density at radius 3 is 2.00 bits per heavy atom. The van der Waals surface area contributed by atoms with E-state index in [0.29, 0.717) is 0 Å². The summed E-state index contributed by atoms with van der Waals surface area (Å²) in [4.78, 5) is 0. The monoisotopic (exact) mass is 250 g/mol. The summed E-state index contributed by atoms with van der Waals surface area (Å²) < 4.78 is 5.82. The first-order chi connectivity index (χ1) is 7.18. The van der Waals surface area contributed by atoms with Gasteiger partial charge in [-0.05, 0) is 19.0 Å². The van der Waals surface area contributed by atoms with E-state index in [0.717, 1.165) is 18.7 Å². The van der Waals surface area contributed by atoms with Crippen molar-refractivity contribution in [1.29, 1.82) is 0 Å². The van der Waals surface area contributed by atoms with Crippen molar-refractivity contribution >= 4 is 18.7 Å². The molecule has 0 N–H and O–H groups in total. The molecular formula is C12H27ClOSi. The molecule has 0 amide bonds. The average molecular weight is 251 g/mol. The third kappa shape index (κ3) is 8.29. The highest BCUT2D eigenvalue weighted by atomic mass is 35.6. The Morgan fingerprint density at radius 1 is 0.867 bits per heavy atom. The maximum Gasteiger partial charge on any atom is 0.290 e. The standard InChI is InChI=1S/C12H27ClOSi/c1-4-7-9-10-12-15(13,14-6-3)11-8-5-2/h4-12H2,1-3H3. The van der Waals surface area contributed by atoms with E-state index in [2.05, 4.69) is 20.8 Å². The van der Waals surface area contributed by atoms with Gasteiger partial charge in [0, 0.05) is 6.61 Å². The van der Waals surface area contributed by atoms with Crippen molar-refractivity contribution < 1.29 is 4.43 Å². The van der Waals surface area contributed by atoms with Crippen molar-refractivity contribution in [3.63, 3.8) is 0 Å². The Bertz CT molecular complexity index is 144. The lowest BCUT2D eigenvalue weighted by atomic mass is 10.2. The van der Waals surface area contributed by atoms with Crippen molar-refractivity contribution in [3.05, 3.63) is 0 Å². The molecule has 0 aliphatic carbocycles. The van der Waals surface area contributed by atoms with E-state index in [4.69, 9.17) is 15.5 Å². The van der Waals surface area contributed by atoms with Gasteiger partial charge in [0.1, 0.15) is 0 Å². The first-order valence-corrected chi connectivity index (χ1v) is 9.84. The minimum absolute atomic E-state index is 0.785. The molecule has 1 atom stereocenters. The Balaban J connectivity index is 3.78. The SMILES string of the molecule is CCCCCC[Si](Cl)(CCCC)OCC. The Hall–Kier alpha value is 0.467. The molecule has 0 aromatic carbocycles. The van der Waals surface area contributed by atoms with Crippen LogP contribution < -0.4 is 0 Å². The number of unbranched alkanes of at least 4 members (excludes halogenated alkanes) is 4. The van der Waals surface area contributed by atoms with Crippen LogP contribution >= 0.6 is 11.1 Å². The van der Waals surface area contributed by atoms with Gasteiger partial charge >= 0.3 is 0 Å². The minimum atomic E-state index is -1.85. The van der Waals surface area contributed by atoms with E-state index in [9.17, 15) is 0 Å². The van der Waals surface area contributed by atoms with Crippen LogP contribution in [0.3, 0.4) is 0 Å². The molecule has 0 heterocycles. The van der Waals surface area contributed by atoms with Crippen LogP contribution in [-0.4, -0.2) is 14.2 Å². The highest BCUT2D eigenvalue weighted by Gasteiger charge is 2.30. The van der Waals surface area contributed by atoms with Gasteiger partial charge in [0.05, 0.1) is 0 Å². The molecule has 0 aliphatic heterocycles. The zero-order valence-corrected chi connectivity index (χ0v) is 12.4. The van der Waals surface area contributed by atoms with Gasteiger partial charge in [0.15, 0.2) is 0 Å². The number of hydrogen-bond donors (Lipinski definition) is 0. The van der Waals surface area contributed by atoms with E-state index in [1.807, 2.05) is 0 Å². The number of hydrogen-bond acceptors (Lipinski definition) is 1. The molecule has 1 unspecified atom stereocenters. The fraction of sp³-hybridized carbons (Fsp3) is 1.00. The molecule has 0 aromatic heterocycles. The van der Waals surface area contributed by atoms with Crippen molar-refractivity contribution in [1.82, 2.24) is 0 Å². The molecule has 0 aromatic rings. The molecule has 0 spiro atoms. The van der Waals surface area contributed by atoms with Gasteiger partial charge in [-0.2, -0.15) is 0 Å². The summed E-state index contributed by atoms with van der Waals surface area (Å²) in [7, 11) is -1.85. The maximum absolute atomic E-state index is 6.61. The Morgan fingerprint density at radius 2 is 1.47 bits per heavy atom. The van der Waals surface area contributed by atoms with Gasteiger partial charge in [-0.15, -0.1) is 11.1 Å². The lowest BCUT2D eigenvalue weighted by Gasteiger charge is -2.23.